The van der Waals surface area contributed by atoms with Crippen LogP contribution < -0.4 is 5.32 Å². The lowest BCUT2D eigenvalue weighted by atomic mass is 9.98. The summed E-state index contributed by atoms with van der Waals surface area (Å²) < 4.78 is 39.4. The molecule has 2 heterocycles. The third-order valence-corrected chi connectivity index (χ3v) is 6.03. The average molecular weight is 313 g/mol. The Hall–Kier alpha value is -1.05. The third kappa shape index (κ3) is 3.59. The first-order chi connectivity index (χ1) is 10.1. The highest BCUT2D eigenvalue weighted by atomic mass is 32.2. The first-order valence-electron chi connectivity index (χ1n) is 7.40. The van der Waals surface area contributed by atoms with Gasteiger partial charge >= 0.3 is 0 Å². The number of sulfonamides is 1. The second-order valence-electron chi connectivity index (χ2n) is 5.87. The highest BCUT2D eigenvalue weighted by Gasteiger charge is 2.30. The summed E-state index contributed by atoms with van der Waals surface area (Å²) in [5, 5.41) is 3.49. The van der Waals surface area contributed by atoms with Gasteiger partial charge in [-0.3, -0.25) is 4.98 Å². The third-order valence-electron chi connectivity index (χ3n) is 4.16. The fourth-order valence-electron chi connectivity index (χ4n) is 2.66. The zero-order valence-corrected chi connectivity index (χ0v) is 12.7. The fourth-order valence-corrected chi connectivity index (χ4v) is 4.10. The smallest absolute Gasteiger partial charge is 0.244 e. The van der Waals surface area contributed by atoms with Gasteiger partial charge < -0.3 is 5.32 Å². The van der Waals surface area contributed by atoms with Gasteiger partial charge in [0.2, 0.25) is 10.0 Å². The topological polar surface area (TPSA) is 62.3 Å². The van der Waals surface area contributed by atoms with Crippen LogP contribution in [0.4, 0.5) is 4.39 Å². The number of hydrogen-bond acceptors (Lipinski definition) is 4. The predicted octanol–water partition coefficient (Wildman–Crippen LogP) is 1.37. The van der Waals surface area contributed by atoms with Gasteiger partial charge in [0.25, 0.3) is 0 Å². The van der Waals surface area contributed by atoms with Crippen LogP contribution >= 0.6 is 0 Å². The Morgan fingerprint density at radius 2 is 1.95 bits per heavy atom. The Labute approximate surface area is 124 Å². The van der Waals surface area contributed by atoms with Gasteiger partial charge in [-0.05, 0) is 44.2 Å². The molecule has 0 amide bonds. The summed E-state index contributed by atoms with van der Waals surface area (Å²) in [6.45, 7) is 1.96. The molecule has 2 aliphatic rings. The van der Waals surface area contributed by atoms with Crippen LogP contribution in [0.1, 0.15) is 25.7 Å². The van der Waals surface area contributed by atoms with Crippen LogP contribution in [0.3, 0.4) is 0 Å². The highest BCUT2D eigenvalue weighted by molar-refractivity contribution is 7.89. The van der Waals surface area contributed by atoms with E-state index in [4.69, 9.17) is 0 Å². The molecule has 2 fully saturated rings. The summed E-state index contributed by atoms with van der Waals surface area (Å²) in [4.78, 5) is 3.57. The highest BCUT2D eigenvalue weighted by Crippen LogP contribution is 2.25. The van der Waals surface area contributed by atoms with Gasteiger partial charge in [-0.2, -0.15) is 4.31 Å². The lowest BCUT2D eigenvalue weighted by Gasteiger charge is -2.31. The van der Waals surface area contributed by atoms with Crippen molar-refractivity contribution in [3.63, 3.8) is 0 Å². The molecule has 1 aromatic heterocycles. The molecule has 1 N–H and O–H groups in total. The maximum absolute atomic E-state index is 13.2. The number of halogens is 1. The maximum Gasteiger partial charge on any atom is 0.244 e. The van der Waals surface area contributed by atoms with E-state index in [1.807, 2.05) is 0 Å². The van der Waals surface area contributed by atoms with E-state index < -0.39 is 15.8 Å². The van der Waals surface area contributed by atoms with Crippen LogP contribution in [0.15, 0.2) is 23.4 Å². The van der Waals surface area contributed by atoms with Gasteiger partial charge in [-0.15, -0.1) is 0 Å². The SMILES string of the molecule is O=S(=O)(c1cncc(F)c1)N1CCC(CNC2CC2)CC1. The number of nitrogens with zero attached hydrogens (tertiary/aromatic N) is 2. The van der Waals surface area contributed by atoms with Crippen molar-refractivity contribution in [2.45, 2.75) is 36.6 Å². The van der Waals surface area contributed by atoms with Crippen molar-refractivity contribution in [2.75, 3.05) is 19.6 Å². The number of piperidine rings is 1. The van der Waals surface area contributed by atoms with Crippen LogP contribution in [0, 0.1) is 11.7 Å². The minimum absolute atomic E-state index is 0.0583. The molecule has 1 aliphatic heterocycles. The Bertz CT molecular complexity index is 596. The number of rotatable bonds is 5. The Morgan fingerprint density at radius 3 is 2.57 bits per heavy atom. The van der Waals surface area contributed by atoms with Crippen LogP contribution in [0.25, 0.3) is 0 Å². The van der Waals surface area contributed by atoms with E-state index in [0.717, 1.165) is 31.6 Å². The van der Waals surface area contributed by atoms with Crippen molar-refractivity contribution in [1.29, 1.82) is 0 Å². The molecule has 1 aromatic rings. The largest absolute Gasteiger partial charge is 0.314 e. The molecule has 1 aliphatic carbocycles. The van der Waals surface area contributed by atoms with Gasteiger partial charge in [-0.25, -0.2) is 12.8 Å². The van der Waals surface area contributed by atoms with Crippen molar-refractivity contribution in [1.82, 2.24) is 14.6 Å². The molecule has 0 atom stereocenters. The minimum atomic E-state index is -3.62. The number of hydrogen-bond donors (Lipinski definition) is 1. The molecule has 0 radical (unpaired) electrons. The lowest BCUT2D eigenvalue weighted by Crippen LogP contribution is -2.41. The summed E-state index contributed by atoms with van der Waals surface area (Å²) in [5.41, 5.74) is 0. The van der Waals surface area contributed by atoms with E-state index in [2.05, 4.69) is 10.3 Å². The van der Waals surface area contributed by atoms with Crippen LogP contribution in [-0.2, 0) is 10.0 Å². The van der Waals surface area contributed by atoms with E-state index in [1.165, 1.54) is 23.3 Å². The first-order valence-corrected chi connectivity index (χ1v) is 8.84. The lowest BCUT2D eigenvalue weighted by molar-refractivity contribution is 0.267. The summed E-state index contributed by atoms with van der Waals surface area (Å²) >= 11 is 0. The monoisotopic (exact) mass is 313 g/mol. The first kappa shape index (κ1) is 14.9. The Balaban J connectivity index is 1.59. The summed E-state index contributed by atoms with van der Waals surface area (Å²) in [6, 6.07) is 1.72. The van der Waals surface area contributed by atoms with E-state index in [1.54, 1.807) is 0 Å². The van der Waals surface area contributed by atoms with E-state index in [9.17, 15) is 12.8 Å². The van der Waals surface area contributed by atoms with E-state index >= 15 is 0 Å². The van der Waals surface area contributed by atoms with Crippen molar-refractivity contribution in [3.8, 4) is 0 Å². The summed E-state index contributed by atoms with van der Waals surface area (Å²) in [6.07, 6.45) is 6.44. The normalized spacial score (nSPS) is 21.6. The number of nitrogens with one attached hydrogen (secondary N) is 1. The molecule has 1 saturated carbocycles. The fraction of sp³-hybridized carbons (Fsp3) is 0.643. The van der Waals surface area contributed by atoms with Crippen molar-refractivity contribution in [3.05, 3.63) is 24.3 Å². The van der Waals surface area contributed by atoms with Crippen LogP contribution in [0.2, 0.25) is 0 Å². The van der Waals surface area contributed by atoms with Gasteiger partial charge in [0.1, 0.15) is 10.7 Å². The zero-order chi connectivity index (χ0) is 14.9. The Kier molecular flexibility index (Phi) is 4.24. The predicted molar refractivity (Wildman–Crippen MR) is 76.7 cm³/mol. The molecular formula is C14H20FN3O2S. The molecule has 7 heteroatoms. The molecule has 0 spiro atoms. The molecule has 0 bridgehead atoms. The number of aromatic nitrogens is 1. The zero-order valence-electron chi connectivity index (χ0n) is 11.8. The molecule has 21 heavy (non-hydrogen) atoms. The van der Waals surface area contributed by atoms with Gasteiger partial charge in [0, 0.05) is 25.3 Å². The minimum Gasteiger partial charge on any atom is -0.314 e. The summed E-state index contributed by atoms with van der Waals surface area (Å²) in [5.74, 6) is -0.0951. The molecular weight excluding hydrogens is 293 g/mol. The van der Waals surface area contributed by atoms with Crippen LogP contribution in [-0.4, -0.2) is 43.4 Å². The molecule has 5 nitrogen and oxygen atoms in total. The quantitative estimate of drug-likeness (QED) is 0.892. The molecule has 1 saturated heterocycles. The van der Waals surface area contributed by atoms with Gasteiger partial charge in [0.05, 0.1) is 6.20 Å². The maximum atomic E-state index is 13.2. The molecule has 0 unspecified atom stereocenters. The standard InChI is InChI=1S/C14H20FN3O2S/c15-12-7-14(10-16-9-12)21(19,20)18-5-3-11(4-6-18)8-17-13-1-2-13/h7,9-11,13,17H,1-6,8H2. The van der Waals surface area contributed by atoms with Crippen molar-refractivity contribution in [2.24, 2.45) is 5.92 Å². The second-order valence-corrected chi connectivity index (χ2v) is 7.81. The Morgan fingerprint density at radius 1 is 1.24 bits per heavy atom. The van der Waals surface area contributed by atoms with E-state index in [0.29, 0.717) is 25.0 Å². The average Bonchev–Trinajstić information content (AvgIpc) is 3.30. The van der Waals surface area contributed by atoms with Crippen LogP contribution in [0.5, 0.6) is 0 Å². The molecule has 3 rings (SSSR count). The second kappa shape index (κ2) is 5.98. The van der Waals surface area contributed by atoms with Crippen molar-refractivity contribution < 1.29 is 12.8 Å². The molecule has 0 aromatic carbocycles. The number of pyridine rings is 1. The van der Waals surface area contributed by atoms with Crippen molar-refractivity contribution >= 4 is 10.0 Å². The molecule has 116 valence electrons. The van der Waals surface area contributed by atoms with E-state index in [-0.39, 0.29) is 4.90 Å². The van der Waals surface area contributed by atoms with Gasteiger partial charge in [0.15, 0.2) is 0 Å². The summed E-state index contributed by atoms with van der Waals surface area (Å²) in [7, 11) is -3.62. The van der Waals surface area contributed by atoms with Gasteiger partial charge in [-0.1, -0.05) is 0 Å².